The molecular formula is C25H30N4O4. The standard InChI is InChI=1S/C25H30N4O4/c1-27(2)13-14-29-21-16-20(10-11-22(21)33-25(29)32)26-24(31)19-9-6-12-28(17-19)23(30)15-18-7-4-3-5-8-18/h3-5,7-8,10-11,16,19H,6,9,12-15,17H2,1-2H3,(H,26,31). The van der Waals surface area contributed by atoms with Crippen LogP contribution in [0.5, 0.6) is 0 Å². The van der Waals surface area contributed by atoms with Gasteiger partial charge in [0.2, 0.25) is 11.8 Å². The van der Waals surface area contributed by atoms with E-state index in [1.165, 1.54) is 0 Å². The minimum absolute atomic E-state index is 0.0448. The van der Waals surface area contributed by atoms with Crippen LogP contribution in [0.15, 0.2) is 57.7 Å². The number of piperidine rings is 1. The van der Waals surface area contributed by atoms with E-state index >= 15 is 0 Å². The Balaban J connectivity index is 1.42. The molecular weight excluding hydrogens is 420 g/mol. The van der Waals surface area contributed by atoms with Crippen LogP contribution in [-0.4, -0.2) is 59.9 Å². The van der Waals surface area contributed by atoms with Crippen molar-refractivity contribution in [3.05, 3.63) is 64.6 Å². The third kappa shape index (κ3) is 5.51. The van der Waals surface area contributed by atoms with Crippen LogP contribution in [0.25, 0.3) is 11.1 Å². The van der Waals surface area contributed by atoms with Gasteiger partial charge in [-0.05, 0) is 50.7 Å². The third-order valence-electron chi connectivity index (χ3n) is 6.05. The number of aromatic nitrogens is 1. The summed E-state index contributed by atoms with van der Waals surface area (Å²) in [6.45, 7) is 2.28. The van der Waals surface area contributed by atoms with Gasteiger partial charge in [-0.1, -0.05) is 30.3 Å². The van der Waals surface area contributed by atoms with Crippen LogP contribution in [-0.2, 0) is 22.6 Å². The van der Waals surface area contributed by atoms with E-state index in [9.17, 15) is 14.4 Å². The predicted octanol–water partition coefficient (Wildman–Crippen LogP) is 2.58. The van der Waals surface area contributed by atoms with E-state index < -0.39 is 5.76 Å². The summed E-state index contributed by atoms with van der Waals surface area (Å²) in [7, 11) is 3.88. The molecule has 1 N–H and O–H groups in total. The lowest BCUT2D eigenvalue weighted by atomic mass is 9.96. The number of hydrogen-bond donors (Lipinski definition) is 1. The molecule has 8 nitrogen and oxygen atoms in total. The quantitative estimate of drug-likeness (QED) is 0.598. The number of nitrogens with one attached hydrogen (secondary N) is 1. The van der Waals surface area contributed by atoms with Crippen LogP contribution in [0.3, 0.4) is 0 Å². The molecule has 1 saturated heterocycles. The average Bonchev–Trinajstić information content (AvgIpc) is 3.12. The van der Waals surface area contributed by atoms with Crippen LogP contribution in [0, 0.1) is 5.92 Å². The zero-order valence-electron chi connectivity index (χ0n) is 19.1. The summed E-state index contributed by atoms with van der Waals surface area (Å²) in [5.41, 5.74) is 2.73. The molecule has 0 saturated carbocycles. The second-order valence-corrected chi connectivity index (χ2v) is 8.84. The lowest BCUT2D eigenvalue weighted by molar-refractivity contribution is -0.133. The lowest BCUT2D eigenvalue weighted by Gasteiger charge is -2.32. The van der Waals surface area contributed by atoms with Crippen LogP contribution in [0.1, 0.15) is 18.4 Å². The Morgan fingerprint density at radius 1 is 1.15 bits per heavy atom. The van der Waals surface area contributed by atoms with Gasteiger partial charge in [0.05, 0.1) is 17.9 Å². The van der Waals surface area contributed by atoms with Crippen LogP contribution in [0.2, 0.25) is 0 Å². The molecule has 0 spiro atoms. The van der Waals surface area contributed by atoms with Crippen molar-refractivity contribution >= 4 is 28.6 Å². The van der Waals surface area contributed by atoms with Gasteiger partial charge in [-0.2, -0.15) is 0 Å². The van der Waals surface area contributed by atoms with E-state index in [-0.39, 0.29) is 17.7 Å². The molecule has 1 unspecified atom stereocenters. The summed E-state index contributed by atoms with van der Waals surface area (Å²) in [5, 5.41) is 2.97. The number of amides is 2. The molecule has 4 rings (SSSR count). The van der Waals surface area contributed by atoms with Crippen molar-refractivity contribution in [2.75, 3.05) is 39.0 Å². The number of rotatable bonds is 7. The Morgan fingerprint density at radius 3 is 2.70 bits per heavy atom. The van der Waals surface area contributed by atoms with Crippen molar-refractivity contribution < 1.29 is 14.0 Å². The fourth-order valence-electron chi connectivity index (χ4n) is 4.20. The molecule has 2 heterocycles. The first kappa shape index (κ1) is 22.8. The number of anilines is 1. The summed E-state index contributed by atoms with van der Waals surface area (Å²) in [6.07, 6.45) is 1.88. The van der Waals surface area contributed by atoms with Gasteiger partial charge in [-0.15, -0.1) is 0 Å². The highest BCUT2D eigenvalue weighted by Crippen LogP contribution is 2.22. The number of carbonyl (C=O) groups excluding carboxylic acids is 2. The third-order valence-corrected chi connectivity index (χ3v) is 6.05. The van der Waals surface area contributed by atoms with E-state index in [1.807, 2.05) is 49.3 Å². The highest BCUT2D eigenvalue weighted by Gasteiger charge is 2.28. The molecule has 8 heteroatoms. The van der Waals surface area contributed by atoms with E-state index in [0.29, 0.717) is 49.4 Å². The number of oxazole rings is 1. The van der Waals surface area contributed by atoms with Crippen molar-refractivity contribution in [2.45, 2.75) is 25.8 Å². The van der Waals surface area contributed by atoms with Crippen molar-refractivity contribution in [1.29, 1.82) is 0 Å². The summed E-state index contributed by atoms with van der Waals surface area (Å²) in [4.78, 5) is 41.7. The summed E-state index contributed by atoms with van der Waals surface area (Å²) in [5.74, 6) is -0.745. The average molecular weight is 451 g/mol. The molecule has 3 aromatic rings. The first-order valence-electron chi connectivity index (χ1n) is 11.3. The maximum Gasteiger partial charge on any atom is 0.419 e. The van der Waals surface area contributed by atoms with Gasteiger partial charge in [0.1, 0.15) is 0 Å². The number of carbonyl (C=O) groups is 2. The zero-order chi connectivity index (χ0) is 23.4. The number of likely N-dealkylation sites (tertiary alicyclic amines) is 1. The second-order valence-electron chi connectivity index (χ2n) is 8.84. The van der Waals surface area contributed by atoms with Crippen LogP contribution < -0.4 is 11.1 Å². The molecule has 1 aliphatic rings. The first-order chi connectivity index (χ1) is 15.9. The van der Waals surface area contributed by atoms with E-state index in [2.05, 4.69) is 5.32 Å². The first-order valence-corrected chi connectivity index (χ1v) is 11.3. The Kier molecular flexibility index (Phi) is 6.93. The Morgan fingerprint density at radius 2 is 1.94 bits per heavy atom. The SMILES string of the molecule is CN(C)CCn1c(=O)oc2ccc(NC(=O)C3CCCN(C(=O)Cc4ccccc4)C3)cc21. The highest BCUT2D eigenvalue weighted by atomic mass is 16.4. The lowest BCUT2D eigenvalue weighted by Crippen LogP contribution is -2.44. The number of nitrogens with zero attached hydrogens (tertiary/aromatic N) is 3. The zero-order valence-corrected chi connectivity index (χ0v) is 19.1. The molecule has 0 radical (unpaired) electrons. The van der Waals surface area contributed by atoms with Gasteiger partial charge >= 0.3 is 5.76 Å². The molecule has 2 amide bonds. The molecule has 0 aliphatic carbocycles. The van der Waals surface area contributed by atoms with Gasteiger partial charge in [0.25, 0.3) is 0 Å². The van der Waals surface area contributed by atoms with Crippen molar-refractivity contribution in [1.82, 2.24) is 14.4 Å². The molecule has 1 atom stereocenters. The van der Waals surface area contributed by atoms with Gasteiger partial charge < -0.3 is 19.5 Å². The van der Waals surface area contributed by atoms with E-state index in [1.54, 1.807) is 27.7 Å². The minimum atomic E-state index is -0.407. The number of benzene rings is 2. The van der Waals surface area contributed by atoms with Gasteiger partial charge in [-0.3, -0.25) is 14.2 Å². The largest absolute Gasteiger partial charge is 0.419 e. The Bertz CT molecular complexity index is 1180. The highest BCUT2D eigenvalue weighted by molar-refractivity contribution is 5.95. The number of likely N-dealkylation sites (N-methyl/N-ethyl adjacent to an activating group) is 1. The topological polar surface area (TPSA) is 87.8 Å². The normalized spacial score (nSPS) is 16.3. The minimum Gasteiger partial charge on any atom is -0.408 e. The van der Waals surface area contributed by atoms with Crippen molar-refractivity contribution in [3.63, 3.8) is 0 Å². The molecule has 0 bridgehead atoms. The Hall–Kier alpha value is -3.39. The Labute approximate surface area is 192 Å². The van der Waals surface area contributed by atoms with Crippen molar-refractivity contribution in [2.24, 2.45) is 5.92 Å². The second kappa shape index (κ2) is 10.0. The summed E-state index contributed by atoms with van der Waals surface area (Å²) >= 11 is 0. The molecule has 33 heavy (non-hydrogen) atoms. The number of fused-ring (bicyclic) bond motifs is 1. The number of hydrogen-bond acceptors (Lipinski definition) is 5. The monoisotopic (exact) mass is 450 g/mol. The fourth-order valence-corrected chi connectivity index (χ4v) is 4.20. The molecule has 1 aromatic heterocycles. The predicted molar refractivity (Wildman–Crippen MR) is 127 cm³/mol. The molecule has 174 valence electrons. The molecule has 1 aliphatic heterocycles. The van der Waals surface area contributed by atoms with Crippen LogP contribution in [0.4, 0.5) is 5.69 Å². The van der Waals surface area contributed by atoms with E-state index in [4.69, 9.17) is 4.42 Å². The summed E-state index contributed by atoms with van der Waals surface area (Å²) < 4.78 is 6.91. The molecule has 2 aromatic carbocycles. The van der Waals surface area contributed by atoms with Gasteiger partial charge in [0, 0.05) is 31.9 Å². The summed E-state index contributed by atoms with van der Waals surface area (Å²) in [6, 6.07) is 14.9. The van der Waals surface area contributed by atoms with Crippen LogP contribution >= 0.6 is 0 Å². The molecule has 1 fully saturated rings. The maximum absolute atomic E-state index is 13.0. The fraction of sp³-hybridized carbons (Fsp3) is 0.400. The van der Waals surface area contributed by atoms with E-state index in [0.717, 1.165) is 18.4 Å². The maximum atomic E-state index is 13.0. The van der Waals surface area contributed by atoms with Crippen molar-refractivity contribution in [3.8, 4) is 0 Å². The van der Waals surface area contributed by atoms with Gasteiger partial charge in [0.15, 0.2) is 5.58 Å². The van der Waals surface area contributed by atoms with Gasteiger partial charge in [-0.25, -0.2) is 4.79 Å². The smallest absolute Gasteiger partial charge is 0.408 e.